The highest BCUT2D eigenvalue weighted by atomic mass is 15.2. The third-order valence-corrected chi connectivity index (χ3v) is 2.88. The summed E-state index contributed by atoms with van der Waals surface area (Å²) in [4.78, 5) is 11.5. The van der Waals surface area contributed by atoms with Crippen molar-refractivity contribution in [3.05, 3.63) is 11.9 Å². The molecule has 0 amide bonds. The fourth-order valence-corrected chi connectivity index (χ4v) is 1.86. The Kier molecular flexibility index (Phi) is 5.38. The molecule has 0 unspecified atom stereocenters. The number of nitrogens with one attached hydrogen (secondary N) is 1. The van der Waals surface area contributed by atoms with E-state index in [-0.39, 0.29) is 0 Å². The third-order valence-electron chi connectivity index (χ3n) is 2.88. The SMILES string of the molecule is CCCN(c1cc(NC)nc(C(C)C)n1)C(C)C. The van der Waals surface area contributed by atoms with Crippen molar-refractivity contribution >= 4 is 11.6 Å². The Labute approximate surface area is 111 Å². The van der Waals surface area contributed by atoms with Crippen LogP contribution in [0.1, 0.15) is 52.8 Å². The highest BCUT2D eigenvalue weighted by molar-refractivity contribution is 5.50. The molecule has 0 saturated carbocycles. The largest absolute Gasteiger partial charge is 0.373 e. The molecule has 0 aliphatic carbocycles. The normalized spacial score (nSPS) is 11.1. The summed E-state index contributed by atoms with van der Waals surface area (Å²) in [6.45, 7) is 11.9. The van der Waals surface area contributed by atoms with E-state index in [1.165, 1.54) is 0 Å². The van der Waals surface area contributed by atoms with E-state index < -0.39 is 0 Å². The minimum absolute atomic E-state index is 0.340. The lowest BCUT2D eigenvalue weighted by molar-refractivity contribution is 0.654. The Hall–Kier alpha value is -1.32. The standard InChI is InChI=1S/C14H26N4/c1-7-8-18(11(4)5)13-9-12(15-6)16-14(17-13)10(2)3/h9-11H,7-8H2,1-6H3,(H,15,16,17). The van der Waals surface area contributed by atoms with Crippen molar-refractivity contribution < 1.29 is 0 Å². The van der Waals surface area contributed by atoms with Crippen LogP contribution < -0.4 is 10.2 Å². The van der Waals surface area contributed by atoms with Gasteiger partial charge < -0.3 is 10.2 Å². The van der Waals surface area contributed by atoms with Gasteiger partial charge in [-0.2, -0.15) is 0 Å². The van der Waals surface area contributed by atoms with E-state index in [2.05, 4.69) is 49.8 Å². The van der Waals surface area contributed by atoms with Crippen LogP contribution in [0, 0.1) is 0 Å². The molecule has 0 aliphatic rings. The zero-order valence-electron chi connectivity index (χ0n) is 12.5. The van der Waals surface area contributed by atoms with Gasteiger partial charge in [0.05, 0.1) is 0 Å². The monoisotopic (exact) mass is 250 g/mol. The second-order valence-electron chi connectivity index (χ2n) is 5.16. The predicted molar refractivity (Wildman–Crippen MR) is 78.4 cm³/mol. The predicted octanol–water partition coefficient (Wildman–Crippen LogP) is 3.27. The Morgan fingerprint density at radius 2 is 1.89 bits per heavy atom. The summed E-state index contributed by atoms with van der Waals surface area (Å²) in [5, 5.41) is 3.12. The summed E-state index contributed by atoms with van der Waals surface area (Å²) < 4.78 is 0. The first kappa shape index (κ1) is 14.7. The molecule has 1 rings (SSSR count). The van der Waals surface area contributed by atoms with Crippen LogP contribution in [0.4, 0.5) is 11.6 Å². The second-order valence-corrected chi connectivity index (χ2v) is 5.16. The molecule has 102 valence electrons. The molecule has 1 heterocycles. The summed E-state index contributed by atoms with van der Waals surface area (Å²) in [5.74, 6) is 3.16. The molecule has 1 aromatic rings. The molecule has 0 aliphatic heterocycles. The number of nitrogens with zero attached hydrogens (tertiary/aromatic N) is 3. The van der Waals surface area contributed by atoms with Crippen molar-refractivity contribution in [2.75, 3.05) is 23.8 Å². The Morgan fingerprint density at radius 3 is 2.33 bits per heavy atom. The summed E-state index contributed by atoms with van der Waals surface area (Å²) in [7, 11) is 1.90. The van der Waals surface area contributed by atoms with Gasteiger partial charge in [0.2, 0.25) is 0 Å². The summed E-state index contributed by atoms with van der Waals surface area (Å²) in [5.41, 5.74) is 0. The molecule has 0 saturated heterocycles. The van der Waals surface area contributed by atoms with Gasteiger partial charge in [0, 0.05) is 31.6 Å². The third kappa shape index (κ3) is 3.59. The molecular weight excluding hydrogens is 224 g/mol. The molecule has 1 aromatic heterocycles. The smallest absolute Gasteiger partial charge is 0.135 e. The molecule has 0 spiro atoms. The lowest BCUT2D eigenvalue weighted by Gasteiger charge is -2.28. The van der Waals surface area contributed by atoms with E-state index in [1.807, 2.05) is 13.1 Å². The molecule has 1 N–H and O–H groups in total. The lowest BCUT2D eigenvalue weighted by atomic mass is 10.2. The van der Waals surface area contributed by atoms with Gasteiger partial charge in [-0.3, -0.25) is 0 Å². The van der Waals surface area contributed by atoms with Gasteiger partial charge in [0.25, 0.3) is 0 Å². The van der Waals surface area contributed by atoms with Gasteiger partial charge in [-0.15, -0.1) is 0 Å². The molecule has 0 bridgehead atoms. The van der Waals surface area contributed by atoms with Gasteiger partial charge in [-0.05, 0) is 20.3 Å². The van der Waals surface area contributed by atoms with Crippen molar-refractivity contribution in [3.63, 3.8) is 0 Å². The van der Waals surface area contributed by atoms with Gasteiger partial charge >= 0.3 is 0 Å². The Bertz CT molecular complexity index is 374. The molecule has 0 fully saturated rings. The first-order valence-corrected chi connectivity index (χ1v) is 6.82. The van der Waals surface area contributed by atoms with Crippen molar-refractivity contribution in [2.45, 2.75) is 53.0 Å². The average Bonchev–Trinajstić information content (AvgIpc) is 2.34. The maximum Gasteiger partial charge on any atom is 0.135 e. The molecule has 4 heteroatoms. The van der Waals surface area contributed by atoms with Crippen LogP contribution in [-0.4, -0.2) is 29.6 Å². The molecule has 0 aromatic carbocycles. The molecule has 18 heavy (non-hydrogen) atoms. The van der Waals surface area contributed by atoms with Gasteiger partial charge in [0.15, 0.2) is 0 Å². The zero-order chi connectivity index (χ0) is 13.7. The Balaban J connectivity index is 3.15. The first-order chi connectivity index (χ1) is 8.49. The molecule has 0 radical (unpaired) electrons. The van der Waals surface area contributed by atoms with Crippen molar-refractivity contribution in [1.82, 2.24) is 9.97 Å². The number of rotatable bonds is 6. The Morgan fingerprint density at radius 1 is 1.22 bits per heavy atom. The second kappa shape index (κ2) is 6.57. The van der Waals surface area contributed by atoms with E-state index in [9.17, 15) is 0 Å². The van der Waals surface area contributed by atoms with E-state index in [1.54, 1.807) is 0 Å². The van der Waals surface area contributed by atoms with E-state index in [4.69, 9.17) is 4.98 Å². The topological polar surface area (TPSA) is 41.0 Å². The fraction of sp³-hybridized carbons (Fsp3) is 0.714. The summed E-state index contributed by atoms with van der Waals surface area (Å²) in [6.07, 6.45) is 1.12. The molecule has 0 atom stereocenters. The van der Waals surface area contributed by atoms with Crippen LogP contribution in [0.3, 0.4) is 0 Å². The number of anilines is 2. The number of hydrogen-bond donors (Lipinski definition) is 1. The van der Waals surface area contributed by atoms with E-state index in [0.29, 0.717) is 12.0 Å². The van der Waals surface area contributed by atoms with Crippen molar-refractivity contribution in [3.8, 4) is 0 Å². The fourth-order valence-electron chi connectivity index (χ4n) is 1.86. The van der Waals surface area contributed by atoms with Crippen LogP contribution in [0.25, 0.3) is 0 Å². The van der Waals surface area contributed by atoms with E-state index in [0.717, 1.165) is 30.4 Å². The van der Waals surface area contributed by atoms with Gasteiger partial charge in [0.1, 0.15) is 17.5 Å². The van der Waals surface area contributed by atoms with Crippen LogP contribution >= 0.6 is 0 Å². The summed E-state index contributed by atoms with van der Waals surface area (Å²) in [6, 6.07) is 2.48. The quantitative estimate of drug-likeness (QED) is 0.841. The summed E-state index contributed by atoms with van der Waals surface area (Å²) >= 11 is 0. The molecular formula is C14H26N4. The highest BCUT2D eigenvalue weighted by Gasteiger charge is 2.14. The van der Waals surface area contributed by atoms with E-state index >= 15 is 0 Å². The maximum atomic E-state index is 4.70. The van der Waals surface area contributed by atoms with Crippen molar-refractivity contribution in [2.24, 2.45) is 0 Å². The van der Waals surface area contributed by atoms with Crippen LogP contribution in [0.5, 0.6) is 0 Å². The lowest BCUT2D eigenvalue weighted by Crippen LogP contribution is -2.32. The van der Waals surface area contributed by atoms with Crippen LogP contribution in [0.2, 0.25) is 0 Å². The van der Waals surface area contributed by atoms with Crippen LogP contribution in [0.15, 0.2) is 6.07 Å². The average molecular weight is 250 g/mol. The van der Waals surface area contributed by atoms with Gasteiger partial charge in [-0.1, -0.05) is 20.8 Å². The maximum absolute atomic E-state index is 4.70. The molecule has 4 nitrogen and oxygen atoms in total. The number of hydrogen-bond acceptors (Lipinski definition) is 4. The number of aromatic nitrogens is 2. The van der Waals surface area contributed by atoms with Crippen LogP contribution in [-0.2, 0) is 0 Å². The first-order valence-electron chi connectivity index (χ1n) is 6.82. The minimum atomic E-state index is 0.340. The van der Waals surface area contributed by atoms with Gasteiger partial charge in [-0.25, -0.2) is 9.97 Å². The minimum Gasteiger partial charge on any atom is -0.373 e. The van der Waals surface area contributed by atoms with Crippen molar-refractivity contribution in [1.29, 1.82) is 0 Å². The highest BCUT2D eigenvalue weighted by Crippen LogP contribution is 2.21. The zero-order valence-corrected chi connectivity index (χ0v) is 12.5.